The Bertz CT molecular complexity index is 624. The number of para-hydroxylation sites is 1. The summed E-state index contributed by atoms with van der Waals surface area (Å²) in [5.41, 5.74) is 0.235. The van der Waals surface area contributed by atoms with Crippen molar-refractivity contribution in [3.8, 4) is 5.75 Å². The smallest absolute Gasteiger partial charge is 0.405 e. The van der Waals surface area contributed by atoms with E-state index < -0.39 is 18.2 Å². The van der Waals surface area contributed by atoms with Crippen LogP contribution in [0.3, 0.4) is 0 Å². The number of aliphatic hydroxyl groups excluding tert-OH is 1. The van der Waals surface area contributed by atoms with Crippen molar-refractivity contribution in [3.05, 3.63) is 63.6 Å². The standard InChI is InChI=1S/C14H9Cl2F3O2/c15-9-5-8(6-10(16)7-9)13(20)11-3-1-2-4-12(11)21-14(17,18)19/h1-7,13,20H. The van der Waals surface area contributed by atoms with Gasteiger partial charge < -0.3 is 9.84 Å². The zero-order chi connectivity index (χ0) is 15.6. The maximum Gasteiger partial charge on any atom is 0.573 e. The Morgan fingerprint density at radius 1 is 1.00 bits per heavy atom. The molecular formula is C14H9Cl2F3O2. The van der Waals surface area contributed by atoms with Gasteiger partial charge in [-0.25, -0.2) is 0 Å². The summed E-state index contributed by atoms with van der Waals surface area (Å²) in [5.74, 6) is -0.478. The summed E-state index contributed by atoms with van der Waals surface area (Å²) in [7, 11) is 0. The minimum Gasteiger partial charge on any atom is -0.405 e. The van der Waals surface area contributed by atoms with E-state index in [0.717, 1.165) is 6.07 Å². The Labute approximate surface area is 128 Å². The molecule has 0 bridgehead atoms. The van der Waals surface area contributed by atoms with E-state index in [1.807, 2.05) is 0 Å². The van der Waals surface area contributed by atoms with Crippen LogP contribution in [0.5, 0.6) is 5.75 Å². The molecule has 0 aliphatic heterocycles. The molecule has 7 heteroatoms. The van der Waals surface area contributed by atoms with Crippen LogP contribution in [-0.2, 0) is 0 Å². The lowest BCUT2D eigenvalue weighted by molar-refractivity contribution is -0.275. The lowest BCUT2D eigenvalue weighted by Crippen LogP contribution is -2.18. The van der Waals surface area contributed by atoms with E-state index >= 15 is 0 Å². The molecule has 2 nitrogen and oxygen atoms in total. The van der Waals surface area contributed by atoms with Crippen molar-refractivity contribution < 1.29 is 23.0 Å². The van der Waals surface area contributed by atoms with Crippen LogP contribution in [0, 0.1) is 0 Å². The largest absolute Gasteiger partial charge is 0.573 e. The fraction of sp³-hybridized carbons (Fsp3) is 0.143. The van der Waals surface area contributed by atoms with E-state index in [0.29, 0.717) is 0 Å². The average Bonchev–Trinajstić information content (AvgIpc) is 2.35. The molecule has 0 aromatic heterocycles. The molecule has 112 valence electrons. The summed E-state index contributed by atoms with van der Waals surface area (Å²) < 4.78 is 41.0. The topological polar surface area (TPSA) is 29.5 Å². The van der Waals surface area contributed by atoms with Gasteiger partial charge in [0.15, 0.2) is 0 Å². The molecule has 0 fully saturated rings. The number of alkyl halides is 3. The summed E-state index contributed by atoms with van der Waals surface area (Å²) in [6.07, 6.45) is -6.19. The van der Waals surface area contributed by atoms with Gasteiger partial charge in [0, 0.05) is 15.6 Å². The molecule has 2 aromatic rings. The number of ether oxygens (including phenoxy) is 1. The Kier molecular flexibility index (Phi) is 4.66. The van der Waals surface area contributed by atoms with E-state index in [-0.39, 0.29) is 21.2 Å². The molecular weight excluding hydrogens is 328 g/mol. The lowest BCUT2D eigenvalue weighted by Gasteiger charge is -2.17. The first-order valence-electron chi connectivity index (χ1n) is 5.75. The highest BCUT2D eigenvalue weighted by Gasteiger charge is 2.33. The molecule has 2 rings (SSSR count). The molecule has 0 aliphatic carbocycles. The summed E-state index contributed by atoms with van der Waals surface area (Å²) in [4.78, 5) is 0. The van der Waals surface area contributed by atoms with Crippen LogP contribution in [0.15, 0.2) is 42.5 Å². The molecule has 1 atom stereocenters. The summed E-state index contributed by atoms with van der Waals surface area (Å²) >= 11 is 11.6. The van der Waals surface area contributed by atoms with E-state index in [1.54, 1.807) is 0 Å². The van der Waals surface area contributed by atoms with Crippen molar-refractivity contribution >= 4 is 23.2 Å². The lowest BCUT2D eigenvalue weighted by atomic mass is 10.0. The number of aliphatic hydroxyl groups is 1. The number of hydrogen-bond donors (Lipinski definition) is 1. The van der Waals surface area contributed by atoms with Gasteiger partial charge in [-0.2, -0.15) is 0 Å². The maximum atomic E-state index is 12.4. The maximum absolute atomic E-state index is 12.4. The summed E-state index contributed by atoms with van der Waals surface area (Å²) in [5, 5.41) is 10.8. The van der Waals surface area contributed by atoms with Gasteiger partial charge in [-0.1, -0.05) is 41.4 Å². The van der Waals surface area contributed by atoms with Gasteiger partial charge in [0.05, 0.1) is 0 Å². The second-order valence-electron chi connectivity index (χ2n) is 4.19. The first-order chi connectivity index (χ1) is 9.76. The van der Waals surface area contributed by atoms with Crippen LogP contribution in [0.25, 0.3) is 0 Å². The predicted molar refractivity (Wildman–Crippen MR) is 73.6 cm³/mol. The van der Waals surface area contributed by atoms with Crippen LogP contribution in [0.2, 0.25) is 10.0 Å². The van der Waals surface area contributed by atoms with Crippen molar-refractivity contribution in [2.75, 3.05) is 0 Å². The SMILES string of the molecule is OC(c1cc(Cl)cc(Cl)c1)c1ccccc1OC(F)(F)F. The fourth-order valence-electron chi connectivity index (χ4n) is 1.84. The molecule has 0 radical (unpaired) electrons. The molecule has 0 aliphatic rings. The highest BCUT2D eigenvalue weighted by molar-refractivity contribution is 6.34. The van der Waals surface area contributed by atoms with Gasteiger partial charge in [-0.3, -0.25) is 0 Å². The Morgan fingerprint density at radius 3 is 2.14 bits per heavy atom. The third-order valence-corrected chi connectivity index (χ3v) is 3.08. The molecule has 0 amide bonds. The molecule has 0 saturated carbocycles. The molecule has 21 heavy (non-hydrogen) atoms. The minimum absolute atomic E-state index is 0.0341. The first kappa shape index (κ1) is 15.9. The monoisotopic (exact) mass is 336 g/mol. The van der Waals surface area contributed by atoms with E-state index in [2.05, 4.69) is 4.74 Å². The quantitative estimate of drug-likeness (QED) is 0.857. The van der Waals surface area contributed by atoms with Gasteiger partial charge in [0.25, 0.3) is 0 Å². The molecule has 0 heterocycles. The zero-order valence-corrected chi connectivity index (χ0v) is 11.9. The number of rotatable bonds is 3. The van der Waals surface area contributed by atoms with Crippen LogP contribution < -0.4 is 4.74 Å². The fourth-order valence-corrected chi connectivity index (χ4v) is 2.38. The Hall–Kier alpha value is -1.43. The van der Waals surface area contributed by atoms with Crippen molar-refractivity contribution in [3.63, 3.8) is 0 Å². The minimum atomic E-state index is -4.85. The highest BCUT2D eigenvalue weighted by Crippen LogP contribution is 2.35. The second kappa shape index (κ2) is 6.13. The van der Waals surface area contributed by atoms with Crippen molar-refractivity contribution in [2.24, 2.45) is 0 Å². The Balaban J connectivity index is 2.41. The van der Waals surface area contributed by atoms with Crippen LogP contribution in [0.4, 0.5) is 13.2 Å². The van der Waals surface area contributed by atoms with E-state index in [1.165, 1.54) is 36.4 Å². The van der Waals surface area contributed by atoms with Crippen LogP contribution >= 0.6 is 23.2 Å². The molecule has 2 aromatic carbocycles. The van der Waals surface area contributed by atoms with E-state index in [9.17, 15) is 18.3 Å². The van der Waals surface area contributed by atoms with Gasteiger partial charge in [-0.15, -0.1) is 13.2 Å². The van der Waals surface area contributed by atoms with Crippen molar-refractivity contribution in [2.45, 2.75) is 12.5 Å². The second-order valence-corrected chi connectivity index (χ2v) is 5.06. The molecule has 0 saturated heterocycles. The average molecular weight is 337 g/mol. The number of hydrogen-bond acceptors (Lipinski definition) is 2. The number of benzene rings is 2. The van der Waals surface area contributed by atoms with Gasteiger partial charge in [0.2, 0.25) is 0 Å². The summed E-state index contributed by atoms with van der Waals surface area (Å²) in [6, 6.07) is 9.62. The highest BCUT2D eigenvalue weighted by atomic mass is 35.5. The summed E-state index contributed by atoms with van der Waals surface area (Å²) in [6.45, 7) is 0. The molecule has 0 spiro atoms. The normalized spacial score (nSPS) is 13.0. The molecule has 1 unspecified atom stereocenters. The van der Waals surface area contributed by atoms with Crippen molar-refractivity contribution in [1.29, 1.82) is 0 Å². The van der Waals surface area contributed by atoms with Crippen molar-refractivity contribution in [1.82, 2.24) is 0 Å². The third-order valence-electron chi connectivity index (χ3n) is 2.64. The van der Waals surface area contributed by atoms with E-state index in [4.69, 9.17) is 23.2 Å². The third kappa shape index (κ3) is 4.27. The first-order valence-corrected chi connectivity index (χ1v) is 6.50. The predicted octanol–water partition coefficient (Wildman–Crippen LogP) is 4.97. The van der Waals surface area contributed by atoms with Crippen LogP contribution in [-0.4, -0.2) is 11.5 Å². The van der Waals surface area contributed by atoms with Crippen LogP contribution in [0.1, 0.15) is 17.2 Å². The van der Waals surface area contributed by atoms with Gasteiger partial charge in [0.1, 0.15) is 11.9 Å². The number of halogens is 5. The van der Waals surface area contributed by atoms with Gasteiger partial charge in [-0.05, 0) is 29.8 Å². The zero-order valence-electron chi connectivity index (χ0n) is 10.4. The van der Waals surface area contributed by atoms with Gasteiger partial charge >= 0.3 is 6.36 Å². The Morgan fingerprint density at radius 2 is 1.57 bits per heavy atom. The molecule has 1 N–H and O–H groups in total.